The summed E-state index contributed by atoms with van der Waals surface area (Å²) in [4.78, 5) is 26.2. The Labute approximate surface area is 154 Å². The van der Waals surface area contributed by atoms with Crippen molar-refractivity contribution in [2.75, 3.05) is 21.3 Å². The van der Waals surface area contributed by atoms with E-state index in [1.807, 2.05) is 0 Å². The third-order valence-corrected chi connectivity index (χ3v) is 4.80. The minimum absolute atomic E-state index is 0.0220. The average molecular weight is 364 g/mol. The maximum atomic E-state index is 13.3. The molecule has 3 aromatic carbocycles. The van der Waals surface area contributed by atoms with E-state index in [1.54, 1.807) is 18.2 Å². The molecule has 0 saturated carbocycles. The van der Waals surface area contributed by atoms with Gasteiger partial charge in [-0.15, -0.1) is 0 Å². The zero-order valence-corrected chi connectivity index (χ0v) is 15.0. The highest BCUT2D eigenvalue weighted by molar-refractivity contribution is 6.33. The number of methoxy groups -OCH3 is 3. The summed E-state index contributed by atoms with van der Waals surface area (Å²) < 4.78 is 16.3. The predicted molar refractivity (Wildman–Crippen MR) is 98.6 cm³/mol. The molecule has 0 fully saturated rings. The summed E-state index contributed by atoms with van der Waals surface area (Å²) in [5, 5.41) is 11.2. The molecule has 1 N–H and O–H groups in total. The van der Waals surface area contributed by atoms with Gasteiger partial charge in [-0.25, -0.2) is 0 Å². The van der Waals surface area contributed by atoms with Gasteiger partial charge in [0.1, 0.15) is 5.75 Å². The molecule has 27 heavy (non-hydrogen) atoms. The van der Waals surface area contributed by atoms with Gasteiger partial charge in [-0.2, -0.15) is 0 Å². The van der Waals surface area contributed by atoms with Crippen LogP contribution in [0.1, 0.15) is 31.8 Å². The van der Waals surface area contributed by atoms with Crippen molar-refractivity contribution in [2.45, 2.75) is 0 Å². The molecule has 136 valence electrons. The van der Waals surface area contributed by atoms with Crippen LogP contribution in [-0.2, 0) is 0 Å². The van der Waals surface area contributed by atoms with Crippen molar-refractivity contribution in [3.8, 4) is 23.0 Å². The fourth-order valence-electron chi connectivity index (χ4n) is 3.62. The number of hydrogen-bond acceptors (Lipinski definition) is 6. The van der Waals surface area contributed by atoms with Gasteiger partial charge in [-0.05, 0) is 23.6 Å². The Balaban J connectivity index is 2.15. The number of rotatable bonds is 3. The first-order chi connectivity index (χ1) is 13.0. The van der Waals surface area contributed by atoms with Gasteiger partial charge in [-0.3, -0.25) is 9.59 Å². The molecule has 0 radical (unpaired) electrons. The predicted octanol–water partition coefficient (Wildman–Crippen LogP) is 3.35. The Hall–Kier alpha value is -3.54. The Morgan fingerprint density at radius 3 is 2.11 bits per heavy atom. The van der Waals surface area contributed by atoms with Crippen molar-refractivity contribution in [3.05, 3.63) is 58.7 Å². The number of carbonyl (C=O) groups excluding carboxylic acids is 2. The molecular weight excluding hydrogens is 348 g/mol. The van der Waals surface area contributed by atoms with Crippen LogP contribution in [0.25, 0.3) is 10.8 Å². The molecular formula is C21H16O6. The van der Waals surface area contributed by atoms with Crippen molar-refractivity contribution in [1.82, 2.24) is 0 Å². The molecule has 0 aromatic heterocycles. The molecule has 0 bridgehead atoms. The number of carbonyl (C=O) groups is 2. The van der Waals surface area contributed by atoms with E-state index in [4.69, 9.17) is 14.2 Å². The highest BCUT2D eigenvalue weighted by Gasteiger charge is 2.35. The van der Waals surface area contributed by atoms with Crippen molar-refractivity contribution < 1.29 is 28.9 Å². The largest absolute Gasteiger partial charge is 0.507 e. The van der Waals surface area contributed by atoms with Crippen molar-refractivity contribution >= 4 is 22.3 Å². The summed E-state index contributed by atoms with van der Waals surface area (Å²) in [7, 11) is 4.45. The summed E-state index contributed by atoms with van der Waals surface area (Å²) >= 11 is 0. The minimum atomic E-state index is -0.406. The number of phenols is 1. The molecule has 1 aliphatic carbocycles. The van der Waals surface area contributed by atoms with Gasteiger partial charge in [0.05, 0.1) is 26.9 Å². The van der Waals surface area contributed by atoms with Gasteiger partial charge in [0.15, 0.2) is 23.1 Å². The molecule has 0 spiro atoms. The number of hydrogen-bond donors (Lipinski definition) is 1. The van der Waals surface area contributed by atoms with E-state index in [0.717, 1.165) is 0 Å². The third kappa shape index (κ3) is 2.19. The summed E-state index contributed by atoms with van der Waals surface area (Å²) in [6.45, 7) is 0. The molecule has 0 aliphatic heterocycles. The van der Waals surface area contributed by atoms with Gasteiger partial charge >= 0.3 is 0 Å². The molecule has 1 aliphatic rings. The molecule has 6 nitrogen and oxygen atoms in total. The molecule has 0 amide bonds. The first kappa shape index (κ1) is 16.9. The molecule has 0 heterocycles. The Morgan fingerprint density at radius 1 is 0.778 bits per heavy atom. The second-order valence-corrected chi connectivity index (χ2v) is 6.09. The standard InChI is InChI=1S/C21H16O6/c1-25-14-9-10-7-8-12-17(15(10)21(27-3)20(14)26-2)19(24)11-5-4-6-13(22)16(11)18(12)23/h4-9,22H,1-3H3. The summed E-state index contributed by atoms with van der Waals surface area (Å²) in [5.41, 5.74) is 0.631. The lowest BCUT2D eigenvalue weighted by Gasteiger charge is -2.22. The van der Waals surface area contributed by atoms with E-state index in [0.29, 0.717) is 28.0 Å². The smallest absolute Gasteiger partial charge is 0.203 e. The quantitative estimate of drug-likeness (QED) is 0.600. The second kappa shape index (κ2) is 6.02. The zero-order valence-electron chi connectivity index (χ0n) is 15.0. The minimum Gasteiger partial charge on any atom is -0.507 e. The topological polar surface area (TPSA) is 82.1 Å². The van der Waals surface area contributed by atoms with E-state index in [2.05, 4.69) is 0 Å². The van der Waals surface area contributed by atoms with Crippen LogP contribution < -0.4 is 14.2 Å². The number of ketones is 2. The maximum absolute atomic E-state index is 13.3. The fraction of sp³-hybridized carbons (Fsp3) is 0.143. The van der Waals surface area contributed by atoms with Crippen molar-refractivity contribution in [3.63, 3.8) is 0 Å². The normalized spacial score (nSPS) is 12.6. The Morgan fingerprint density at radius 2 is 1.44 bits per heavy atom. The van der Waals surface area contributed by atoms with Crippen LogP contribution in [0.15, 0.2) is 36.4 Å². The van der Waals surface area contributed by atoms with Gasteiger partial charge in [0, 0.05) is 22.1 Å². The van der Waals surface area contributed by atoms with Gasteiger partial charge < -0.3 is 19.3 Å². The van der Waals surface area contributed by atoms with Crippen molar-refractivity contribution in [1.29, 1.82) is 0 Å². The first-order valence-electron chi connectivity index (χ1n) is 8.20. The van der Waals surface area contributed by atoms with Crippen molar-refractivity contribution in [2.24, 2.45) is 0 Å². The third-order valence-electron chi connectivity index (χ3n) is 4.80. The number of phenolic OH excluding ortho intramolecular Hbond substituents is 1. The Bertz CT molecular complexity index is 1130. The highest BCUT2D eigenvalue weighted by atomic mass is 16.5. The molecule has 3 aromatic rings. The van der Waals surface area contributed by atoms with Crippen LogP contribution in [0.3, 0.4) is 0 Å². The van der Waals surface area contributed by atoms with Gasteiger partial charge in [0.2, 0.25) is 5.75 Å². The molecule has 4 rings (SSSR count). The fourth-order valence-corrected chi connectivity index (χ4v) is 3.62. The lowest BCUT2D eigenvalue weighted by Crippen LogP contribution is -2.21. The molecule has 0 unspecified atom stereocenters. The Kier molecular flexibility index (Phi) is 3.77. The van der Waals surface area contributed by atoms with E-state index < -0.39 is 5.78 Å². The number of benzene rings is 3. The molecule has 0 atom stereocenters. The van der Waals surface area contributed by atoms with Crippen LogP contribution in [0.4, 0.5) is 0 Å². The van der Waals surface area contributed by atoms with Crippen LogP contribution in [0.5, 0.6) is 23.0 Å². The van der Waals surface area contributed by atoms with E-state index in [1.165, 1.54) is 39.5 Å². The average Bonchev–Trinajstić information content (AvgIpc) is 2.69. The van der Waals surface area contributed by atoms with Crippen LogP contribution >= 0.6 is 0 Å². The molecule has 0 saturated heterocycles. The van der Waals surface area contributed by atoms with E-state index in [9.17, 15) is 14.7 Å². The lowest BCUT2D eigenvalue weighted by atomic mass is 9.81. The van der Waals surface area contributed by atoms with Gasteiger partial charge in [-0.1, -0.05) is 18.2 Å². The summed E-state index contributed by atoms with van der Waals surface area (Å²) in [6.07, 6.45) is 0. The summed E-state index contributed by atoms with van der Waals surface area (Å²) in [6, 6.07) is 9.49. The van der Waals surface area contributed by atoms with Crippen LogP contribution in [-0.4, -0.2) is 38.0 Å². The summed E-state index contributed by atoms with van der Waals surface area (Å²) in [5.74, 6) is 0.129. The lowest BCUT2D eigenvalue weighted by molar-refractivity contribution is 0.0978. The SMILES string of the molecule is COc1cc2ccc3c(c2c(OC)c1OC)C(=O)c1cccc(O)c1C3=O. The number of aromatic hydroxyl groups is 1. The first-order valence-corrected chi connectivity index (χ1v) is 8.20. The number of ether oxygens (including phenoxy) is 3. The molecule has 6 heteroatoms. The maximum Gasteiger partial charge on any atom is 0.203 e. The monoisotopic (exact) mass is 364 g/mol. The highest BCUT2D eigenvalue weighted by Crippen LogP contribution is 2.47. The number of fused-ring (bicyclic) bond motifs is 4. The zero-order chi connectivity index (χ0) is 19.3. The van der Waals surface area contributed by atoms with Crippen LogP contribution in [0, 0.1) is 0 Å². The second-order valence-electron chi connectivity index (χ2n) is 6.09. The van der Waals surface area contributed by atoms with E-state index in [-0.39, 0.29) is 33.8 Å². The van der Waals surface area contributed by atoms with Gasteiger partial charge in [0.25, 0.3) is 0 Å². The van der Waals surface area contributed by atoms with E-state index >= 15 is 0 Å². The van der Waals surface area contributed by atoms with Crippen LogP contribution in [0.2, 0.25) is 0 Å².